The van der Waals surface area contributed by atoms with Gasteiger partial charge in [-0.3, -0.25) is 0 Å². The number of amides is 3. The van der Waals surface area contributed by atoms with Crippen LogP contribution in [-0.2, 0) is 14.3 Å². The number of nitrogens with one attached hydrogen (secondary N) is 1. The summed E-state index contributed by atoms with van der Waals surface area (Å²) < 4.78 is 50.2. The molecule has 37 heavy (non-hydrogen) atoms. The molecule has 0 aromatic heterocycles. The number of halogens is 3. The molecule has 8 nitrogen and oxygen atoms in total. The van der Waals surface area contributed by atoms with Gasteiger partial charge in [-0.1, -0.05) is 18.2 Å². The van der Waals surface area contributed by atoms with Gasteiger partial charge >= 0.3 is 18.1 Å². The van der Waals surface area contributed by atoms with Gasteiger partial charge < -0.3 is 19.7 Å². The minimum atomic E-state index is -1.52. The monoisotopic (exact) mass is 519 g/mol. The van der Waals surface area contributed by atoms with Crippen LogP contribution in [0.15, 0.2) is 42.5 Å². The number of benzene rings is 2. The molecular formula is C26H28F3N3O5. The van der Waals surface area contributed by atoms with Gasteiger partial charge in [-0.25, -0.2) is 32.5 Å². The van der Waals surface area contributed by atoms with Crippen molar-refractivity contribution in [2.45, 2.75) is 37.3 Å². The van der Waals surface area contributed by atoms with Crippen LogP contribution in [0, 0.1) is 17.5 Å². The Hall–Kier alpha value is -3.60. The van der Waals surface area contributed by atoms with Crippen molar-refractivity contribution >= 4 is 18.1 Å². The minimum absolute atomic E-state index is 0.0133. The Bertz CT molecular complexity index is 1140. The van der Waals surface area contributed by atoms with Gasteiger partial charge in [-0.2, -0.15) is 0 Å². The molecule has 4 rings (SSSR count). The van der Waals surface area contributed by atoms with E-state index >= 15 is 0 Å². The molecule has 2 heterocycles. The lowest BCUT2D eigenvalue weighted by atomic mass is 9.89. The number of carbonyl (C=O) groups excluding carboxylic acids is 3. The summed E-state index contributed by atoms with van der Waals surface area (Å²) in [5, 5.41) is 2.64. The number of ether oxygens (including phenoxy) is 2. The number of hydrogen-bond donors (Lipinski definition) is 1. The SMILES string of the molecule is COC(=O)[C@@H]1OC(=O)N(C(=O)NCCCN2CCC(c3ccc(F)cc3)CC2)[C@H]1c1ccc(F)c(F)c1. The Morgan fingerprint density at radius 3 is 2.35 bits per heavy atom. The number of cyclic esters (lactones) is 1. The number of piperidine rings is 1. The summed E-state index contributed by atoms with van der Waals surface area (Å²) in [6.45, 7) is 2.70. The maximum atomic E-state index is 13.9. The maximum Gasteiger partial charge on any atom is 0.419 e. The van der Waals surface area contributed by atoms with Crippen molar-refractivity contribution in [1.82, 2.24) is 15.1 Å². The van der Waals surface area contributed by atoms with Gasteiger partial charge in [0.25, 0.3) is 0 Å². The Balaban J connectivity index is 1.30. The van der Waals surface area contributed by atoms with Gasteiger partial charge in [0.1, 0.15) is 11.9 Å². The second-order valence-electron chi connectivity index (χ2n) is 9.07. The number of esters is 1. The van der Waals surface area contributed by atoms with Crippen molar-refractivity contribution in [2.75, 3.05) is 33.3 Å². The summed E-state index contributed by atoms with van der Waals surface area (Å²) in [4.78, 5) is 40.5. The zero-order valence-electron chi connectivity index (χ0n) is 20.3. The van der Waals surface area contributed by atoms with Gasteiger partial charge in [0.15, 0.2) is 11.6 Å². The van der Waals surface area contributed by atoms with E-state index in [1.165, 1.54) is 18.2 Å². The van der Waals surface area contributed by atoms with E-state index in [0.717, 1.165) is 57.3 Å². The fourth-order valence-electron chi connectivity index (χ4n) is 4.81. The second kappa shape index (κ2) is 11.6. The van der Waals surface area contributed by atoms with Crippen LogP contribution in [0.3, 0.4) is 0 Å². The van der Waals surface area contributed by atoms with Crippen LogP contribution >= 0.6 is 0 Å². The number of hydrogen-bond acceptors (Lipinski definition) is 6. The second-order valence-corrected chi connectivity index (χ2v) is 9.07. The molecule has 3 amide bonds. The van der Waals surface area contributed by atoms with E-state index < -0.39 is 41.9 Å². The molecular weight excluding hydrogens is 491 g/mol. The minimum Gasteiger partial charge on any atom is -0.466 e. The maximum absolute atomic E-state index is 13.9. The summed E-state index contributed by atoms with van der Waals surface area (Å²) in [5.74, 6) is -3.09. The van der Waals surface area contributed by atoms with E-state index in [1.807, 2.05) is 12.1 Å². The fraction of sp³-hybridized carbons (Fsp3) is 0.423. The van der Waals surface area contributed by atoms with Gasteiger partial charge in [0.05, 0.1) is 7.11 Å². The summed E-state index contributed by atoms with van der Waals surface area (Å²) in [6.07, 6.45) is -0.113. The van der Waals surface area contributed by atoms with Gasteiger partial charge in [0.2, 0.25) is 6.10 Å². The quantitative estimate of drug-likeness (QED) is 0.438. The fourth-order valence-corrected chi connectivity index (χ4v) is 4.81. The van der Waals surface area contributed by atoms with Gasteiger partial charge in [-0.15, -0.1) is 0 Å². The Labute approximate surface area is 212 Å². The van der Waals surface area contributed by atoms with Gasteiger partial charge in [0, 0.05) is 6.54 Å². The molecule has 2 aromatic rings. The van der Waals surface area contributed by atoms with Gasteiger partial charge in [-0.05, 0) is 80.2 Å². The number of nitrogens with zero attached hydrogens (tertiary/aromatic N) is 2. The average molecular weight is 520 g/mol. The van der Waals surface area contributed by atoms with Crippen LogP contribution in [0.2, 0.25) is 0 Å². The van der Waals surface area contributed by atoms with Crippen molar-refractivity contribution in [3.05, 3.63) is 71.0 Å². The number of rotatable bonds is 7. The van der Waals surface area contributed by atoms with E-state index in [2.05, 4.69) is 15.0 Å². The number of carbonyl (C=O) groups is 3. The lowest BCUT2D eigenvalue weighted by molar-refractivity contribution is -0.150. The van der Waals surface area contributed by atoms with Crippen molar-refractivity contribution in [1.29, 1.82) is 0 Å². The third kappa shape index (κ3) is 6.04. The molecule has 2 aliphatic rings. The third-order valence-corrected chi connectivity index (χ3v) is 6.78. The lowest BCUT2D eigenvalue weighted by Crippen LogP contribution is -2.44. The molecule has 2 aromatic carbocycles. The predicted octanol–water partition coefficient (Wildman–Crippen LogP) is 4.12. The number of likely N-dealkylation sites (tertiary alicyclic amines) is 1. The van der Waals surface area contributed by atoms with Crippen LogP contribution < -0.4 is 5.32 Å². The Morgan fingerprint density at radius 2 is 1.70 bits per heavy atom. The average Bonchev–Trinajstić information content (AvgIpc) is 3.25. The van der Waals surface area contributed by atoms with Crippen LogP contribution in [0.5, 0.6) is 0 Å². The molecule has 0 radical (unpaired) electrons. The molecule has 2 atom stereocenters. The Morgan fingerprint density at radius 1 is 1.03 bits per heavy atom. The van der Waals surface area contributed by atoms with E-state index in [1.54, 1.807) is 0 Å². The Kier molecular flexibility index (Phi) is 8.32. The van der Waals surface area contributed by atoms with E-state index in [0.29, 0.717) is 17.2 Å². The first-order chi connectivity index (χ1) is 17.8. The highest BCUT2D eigenvalue weighted by Gasteiger charge is 2.50. The molecule has 2 saturated heterocycles. The third-order valence-electron chi connectivity index (χ3n) is 6.78. The normalized spacial score (nSPS) is 20.5. The van der Waals surface area contributed by atoms with Crippen LogP contribution in [0.25, 0.3) is 0 Å². The predicted molar refractivity (Wildman–Crippen MR) is 126 cm³/mol. The van der Waals surface area contributed by atoms with E-state index in [4.69, 9.17) is 4.74 Å². The molecule has 2 fully saturated rings. The first-order valence-electron chi connectivity index (χ1n) is 12.1. The molecule has 0 saturated carbocycles. The lowest BCUT2D eigenvalue weighted by Gasteiger charge is -2.32. The molecule has 198 valence electrons. The summed E-state index contributed by atoms with van der Waals surface area (Å²) in [6, 6.07) is 7.30. The van der Waals surface area contributed by atoms with Crippen molar-refractivity contribution in [3.63, 3.8) is 0 Å². The first kappa shape index (κ1) is 26.5. The van der Waals surface area contributed by atoms with Crippen molar-refractivity contribution in [2.24, 2.45) is 0 Å². The highest BCUT2D eigenvalue weighted by molar-refractivity contribution is 5.96. The smallest absolute Gasteiger partial charge is 0.419 e. The van der Waals surface area contributed by atoms with Crippen LogP contribution in [0.1, 0.15) is 42.3 Å². The molecule has 0 unspecified atom stereocenters. The number of urea groups is 1. The molecule has 1 N–H and O–H groups in total. The standard InChI is InChI=1S/C26H28F3N3O5/c1-36-24(33)23-22(18-5-8-20(28)21(29)15-18)32(26(35)37-23)25(34)30-11-2-12-31-13-9-17(10-14-31)16-3-6-19(27)7-4-16/h3-8,15,17,22-23H,2,9-14H2,1H3,(H,30,34)/t22-,23+/m0/s1. The topological polar surface area (TPSA) is 88.2 Å². The molecule has 0 aliphatic carbocycles. The molecule has 0 bridgehead atoms. The van der Waals surface area contributed by atoms with E-state index in [9.17, 15) is 27.6 Å². The highest BCUT2D eigenvalue weighted by atomic mass is 19.2. The summed E-state index contributed by atoms with van der Waals surface area (Å²) >= 11 is 0. The number of imide groups is 1. The number of methoxy groups -OCH3 is 1. The largest absolute Gasteiger partial charge is 0.466 e. The summed E-state index contributed by atoms with van der Waals surface area (Å²) in [7, 11) is 1.09. The van der Waals surface area contributed by atoms with Crippen LogP contribution in [-0.4, -0.2) is 67.3 Å². The molecule has 0 spiro atoms. The highest BCUT2D eigenvalue weighted by Crippen LogP contribution is 2.35. The zero-order valence-corrected chi connectivity index (χ0v) is 20.3. The van der Waals surface area contributed by atoms with Crippen molar-refractivity contribution < 1.29 is 37.0 Å². The first-order valence-corrected chi connectivity index (χ1v) is 12.1. The van der Waals surface area contributed by atoms with E-state index in [-0.39, 0.29) is 17.9 Å². The van der Waals surface area contributed by atoms with Crippen LogP contribution in [0.4, 0.5) is 22.8 Å². The molecule has 2 aliphatic heterocycles. The summed E-state index contributed by atoms with van der Waals surface area (Å²) in [5.41, 5.74) is 1.14. The van der Waals surface area contributed by atoms with Crippen molar-refractivity contribution in [3.8, 4) is 0 Å². The molecule has 11 heteroatoms. The zero-order chi connectivity index (χ0) is 26.5.